The van der Waals surface area contributed by atoms with Crippen LogP contribution >= 0.6 is 0 Å². The minimum absolute atomic E-state index is 0.697. The van der Waals surface area contributed by atoms with Gasteiger partial charge in [0.15, 0.2) is 0 Å². The van der Waals surface area contributed by atoms with Crippen molar-refractivity contribution >= 4 is 18.9 Å². The lowest BCUT2D eigenvalue weighted by molar-refractivity contribution is 1.67. The predicted molar refractivity (Wildman–Crippen MR) is 57.5 cm³/mol. The Morgan fingerprint density at radius 1 is 1.23 bits per heavy atom. The van der Waals surface area contributed by atoms with E-state index in [4.69, 9.17) is 20.7 Å². The Kier molecular flexibility index (Phi) is 3.01. The average Bonchev–Trinajstić information content (AvgIpc) is 2.16. The average molecular weight is 162 g/mol. The molecule has 2 radical (unpaired) electrons. The van der Waals surface area contributed by atoms with E-state index in [1.807, 2.05) is 12.1 Å². The van der Waals surface area contributed by atoms with Crippen molar-refractivity contribution in [1.29, 1.82) is 0 Å². The second kappa shape index (κ2) is 4.24. The lowest BCUT2D eigenvalue weighted by Gasteiger charge is -1.99. The van der Waals surface area contributed by atoms with Gasteiger partial charge in [-0.05, 0) is 5.56 Å². The lowest BCUT2D eigenvalue weighted by atomic mass is 9.94. The minimum Gasteiger partial charge on any atom is -0.115 e. The summed E-state index contributed by atoms with van der Waals surface area (Å²) in [7, 11) is 5.53. The van der Waals surface area contributed by atoms with Crippen LogP contribution in [0, 0.1) is 24.7 Å². The van der Waals surface area contributed by atoms with Crippen molar-refractivity contribution in [3.8, 4) is 24.7 Å². The van der Waals surface area contributed by atoms with E-state index in [2.05, 4.69) is 11.8 Å². The molecule has 0 bridgehead atoms. The molecule has 1 aromatic carbocycles. The molecule has 0 saturated carbocycles. The fourth-order valence-corrected chi connectivity index (χ4v) is 0.954. The van der Waals surface area contributed by atoms with Crippen molar-refractivity contribution in [2.24, 2.45) is 0 Å². The van der Waals surface area contributed by atoms with E-state index in [0.29, 0.717) is 11.0 Å². The number of hydrogen-bond acceptors (Lipinski definition) is 0. The van der Waals surface area contributed by atoms with Crippen molar-refractivity contribution in [3.05, 3.63) is 35.9 Å². The molecular formula is C12H7B. The predicted octanol–water partition coefficient (Wildman–Crippen LogP) is 1.13. The van der Waals surface area contributed by atoms with Crippen LogP contribution in [0.1, 0.15) is 5.56 Å². The van der Waals surface area contributed by atoms with Crippen molar-refractivity contribution in [2.45, 2.75) is 0 Å². The molecule has 0 aliphatic rings. The van der Waals surface area contributed by atoms with Gasteiger partial charge in [0.05, 0.1) is 0 Å². The molecule has 0 atom stereocenters. The zero-order chi connectivity index (χ0) is 9.68. The van der Waals surface area contributed by atoms with E-state index < -0.39 is 0 Å². The van der Waals surface area contributed by atoms with Gasteiger partial charge in [-0.25, -0.2) is 0 Å². The topological polar surface area (TPSA) is 0 Å². The first-order chi connectivity index (χ1) is 6.27. The van der Waals surface area contributed by atoms with Crippen molar-refractivity contribution in [1.82, 2.24) is 0 Å². The molecule has 0 unspecified atom stereocenters. The summed E-state index contributed by atoms with van der Waals surface area (Å²) < 4.78 is 0. The molecule has 0 N–H and O–H groups in total. The maximum absolute atomic E-state index is 5.53. The molecule has 0 nitrogen and oxygen atoms in total. The smallest absolute Gasteiger partial charge is 0.113 e. The molecule has 1 heteroatoms. The van der Waals surface area contributed by atoms with Gasteiger partial charge in [-0.3, -0.25) is 0 Å². The molecular weight excluding hydrogens is 155 g/mol. The van der Waals surface area contributed by atoms with Crippen LogP contribution in [0.25, 0.3) is 5.57 Å². The van der Waals surface area contributed by atoms with E-state index >= 15 is 0 Å². The van der Waals surface area contributed by atoms with Crippen molar-refractivity contribution in [2.75, 3.05) is 0 Å². The van der Waals surface area contributed by atoms with Gasteiger partial charge in [0.1, 0.15) is 7.85 Å². The highest BCUT2D eigenvalue weighted by Gasteiger charge is 1.95. The summed E-state index contributed by atoms with van der Waals surface area (Å²) in [5, 5.41) is 0. The molecule has 0 fully saturated rings. The van der Waals surface area contributed by atoms with E-state index in [1.165, 1.54) is 0 Å². The molecule has 0 aliphatic heterocycles. The molecule has 0 aliphatic carbocycles. The first-order valence-electron chi connectivity index (χ1n) is 3.76. The SMILES string of the molecule is [B]c1ccc(/C(C#C)=C/C#C)cc1. The zero-order valence-corrected chi connectivity index (χ0v) is 7.12. The Morgan fingerprint density at radius 3 is 2.31 bits per heavy atom. The number of allylic oxidation sites excluding steroid dienone is 2. The third-order valence-electron chi connectivity index (χ3n) is 1.60. The maximum Gasteiger partial charge on any atom is 0.113 e. The fraction of sp³-hybridized carbons (Fsp3) is 0. The Bertz CT molecular complexity index is 396. The molecule has 0 spiro atoms. The molecule has 0 aromatic heterocycles. The van der Waals surface area contributed by atoms with Crippen LogP contribution in [0.4, 0.5) is 0 Å². The Hall–Kier alpha value is -1.86. The standard InChI is InChI=1S/C12H7B/c1-3-5-10(4-2)11-6-8-12(13)9-7-11/h1-2,5-9H/b10-5+. The maximum atomic E-state index is 5.53. The highest BCUT2D eigenvalue weighted by molar-refractivity contribution is 6.32. The third kappa shape index (κ3) is 2.29. The first kappa shape index (κ1) is 9.23. The molecule has 58 valence electrons. The molecule has 1 aromatic rings. The highest BCUT2D eigenvalue weighted by Crippen LogP contribution is 2.10. The molecule has 13 heavy (non-hydrogen) atoms. The fourth-order valence-electron chi connectivity index (χ4n) is 0.954. The molecule has 0 saturated heterocycles. The third-order valence-corrected chi connectivity index (χ3v) is 1.60. The number of hydrogen-bond donors (Lipinski definition) is 0. The van der Waals surface area contributed by atoms with Crippen LogP contribution in [-0.2, 0) is 0 Å². The van der Waals surface area contributed by atoms with Crippen LogP contribution in [0.2, 0.25) is 0 Å². The van der Waals surface area contributed by atoms with Crippen LogP contribution in [0.15, 0.2) is 30.3 Å². The zero-order valence-electron chi connectivity index (χ0n) is 7.12. The Morgan fingerprint density at radius 2 is 1.85 bits per heavy atom. The number of terminal acetylenes is 2. The quantitative estimate of drug-likeness (QED) is 0.429. The summed E-state index contributed by atoms with van der Waals surface area (Å²) in [4.78, 5) is 0. The van der Waals surface area contributed by atoms with Gasteiger partial charge in [0, 0.05) is 11.6 Å². The van der Waals surface area contributed by atoms with E-state index in [0.717, 1.165) is 5.56 Å². The van der Waals surface area contributed by atoms with Crippen LogP contribution < -0.4 is 5.46 Å². The van der Waals surface area contributed by atoms with Gasteiger partial charge in [-0.2, -0.15) is 0 Å². The van der Waals surface area contributed by atoms with Crippen LogP contribution in [-0.4, -0.2) is 7.85 Å². The van der Waals surface area contributed by atoms with Crippen LogP contribution in [0.3, 0.4) is 0 Å². The monoisotopic (exact) mass is 162 g/mol. The van der Waals surface area contributed by atoms with Gasteiger partial charge in [0.2, 0.25) is 0 Å². The number of rotatable bonds is 1. The van der Waals surface area contributed by atoms with Gasteiger partial charge < -0.3 is 0 Å². The second-order valence-corrected chi connectivity index (χ2v) is 2.49. The van der Waals surface area contributed by atoms with Gasteiger partial charge in [-0.1, -0.05) is 41.6 Å². The molecule has 0 heterocycles. The summed E-state index contributed by atoms with van der Waals surface area (Å²) in [5.74, 6) is 4.91. The molecule has 1 rings (SSSR count). The van der Waals surface area contributed by atoms with Crippen molar-refractivity contribution in [3.63, 3.8) is 0 Å². The second-order valence-electron chi connectivity index (χ2n) is 2.49. The minimum atomic E-state index is 0.697. The Balaban J connectivity index is 3.10. The lowest BCUT2D eigenvalue weighted by Crippen LogP contribution is -1.99. The summed E-state index contributed by atoms with van der Waals surface area (Å²) in [6, 6.07) is 7.27. The van der Waals surface area contributed by atoms with Crippen molar-refractivity contribution < 1.29 is 0 Å². The summed E-state index contributed by atoms with van der Waals surface area (Å²) in [6.45, 7) is 0. The summed E-state index contributed by atoms with van der Waals surface area (Å²) in [5.41, 5.74) is 2.32. The number of benzene rings is 1. The normalized spacial score (nSPS) is 10.2. The van der Waals surface area contributed by atoms with Crippen LogP contribution in [0.5, 0.6) is 0 Å². The molecule has 0 amide bonds. The van der Waals surface area contributed by atoms with E-state index in [-0.39, 0.29) is 0 Å². The van der Waals surface area contributed by atoms with Gasteiger partial charge in [-0.15, -0.1) is 12.8 Å². The van der Waals surface area contributed by atoms with Gasteiger partial charge in [0.25, 0.3) is 0 Å². The summed E-state index contributed by atoms with van der Waals surface area (Å²) in [6.07, 6.45) is 12.0. The Labute approximate surface area is 80.1 Å². The summed E-state index contributed by atoms with van der Waals surface area (Å²) >= 11 is 0. The van der Waals surface area contributed by atoms with E-state index in [9.17, 15) is 0 Å². The largest absolute Gasteiger partial charge is 0.115 e. The first-order valence-corrected chi connectivity index (χ1v) is 3.76. The van der Waals surface area contributed by atoms with Gasteiger partial charge >= 0.3 is 0 Å². The van der Waals surface area contributed by atoms with E-state index in [1.54, 1.807) is 18.2 Å². The highest BCUT2D eigenvalue weighted by atomic mass is 14.0.